The van der Waals surface area contributed by atoms with Crippen LogP contribution in [0.3, 0.4) is 0 Å². The molecule has 22 heavy (non-hydrogen) atoms. The molecule has 0 aliphatic heterocycles. The summed E-state index contributed by atoms with van der Waals surface area (Å²) < 4.78 is 0. The van der Waals surface area contributed by atoms with Crippen LogP contribution in [0, 0.1) is 23.7 Å². The molecule has 0 spiro atoms. The van der Waals surface area contributed by atoms with E-state index in [2.05, 4.69) is 71.9 Å². The summed E-state index contributed by atoms with van der Waals surface area (Å²) in [6.07, 6.45) is 7.15. The van der Waals surface area contributed by atoms with E-state index in [1.165, 1.54) is 37.7 Å². The summed E-state index contributed by atoms with van der Waals surface area (Å²) in [4.78, 5) is 0. The third kappa shape index (κ3) is 6.15. The van der Waals surface area contributed by atoms with Crippen molar-refractivity contribution in [3.8, 4) is 0 Å². The van der Waals surface area contributed by atoms with E-state index in [-0.39, 0.29) is 0 Å². The van der Waals surface area contributed by atoms with Gasteiger partial charge < -0.3 is 0 Å². The second kappa shape index (κ2) is 10.1. The summed E-state index contributed by atoms with van der Waals surface area (Å²) >= 11 is 0. The highest BCUT2D eigenvalue weighted by Gasteiger charge is 2.23. The monoisotopic (exact) mass is 302 g/mol. The zero-order valence-electron chi connectivity index (χ0n) is 15.8. The van der Waals surface area contributed by atoms with E-state index in [0.717, 1.165) is 29.6 Å². The summed E-state index contributed by atoms with van der Waals surface area (Å²) in [6, 6.07) is 10.8. The maximum absolute atomic E-state index is 2.42. The second-order valence-corrected chi connectivity index (χ2v) is 7.84. The van der Waals surface area contributed by atoms with E-state index in [1.54, 1.807) is 0 Å². The molecule has 0 bridgehead atoms. The van der Waals surface area contributed by atoms with E-state index in [9.17, 15) is 0 Å². The molecule has 1 aliphatic carbocycles. The lowest BCUT2D eigenvalue weighted by molar-refractivity contribution is 0.196. The minimum atomic E-state index is 0.728. The van der Waals surface area contributed by atoms with E-state index < -0.39 is 0 Å². The Labute approximate surface area is 139 Å². The fraction of sp³-hybridized carbons (Fsp3) is 0.727. The van der Waals surface area contributed by atoms with Crippen LogP contribution < -0.4 is 0 Å². The van der Waals surface area contributed by atoms with Crippen LogP contribution in [0.25, 0.3) is 0 Å². The van der Waals surface area contributed by atoms with Crippen LogP contribution >= 0.6 is 0 Å². The molecule has 1 aliphatic rings. The number of benzene rings is 1. The molecule has 1 aromatic carbocycles. The smallest absolute Gasteiger partial charge is 0.0141 e. The first-order valence-corrected chi connectivity index (χ1v) is 9.52. The third-order valence-corrected chi connectivity index (χ3v) is 5.51. The molecular formula is C22H38. The van der Waals surface area contributed by atoms with Gasteiger partial charge in [0.15, 0.2) is 0 Å². The molecule has 0 heteroatoms. The Bertz CT molecular complexity index is 376. The van der Waals surface area contributed by atoms with Crippen LogP contribution in [-0.4, -0.2) is 0 Å². The van der Waals surface area contributed by atoms with Crippen molar-refractivity contribution in [2.45, 2.75) is 79.6 Å². The SMILES string of the molecule is CC(C)C1CCCCC1C.CCC(c1ccccc1)C(C)C. The van der Waals surface area contributed by atoms with Gasteiger partial charge in [-0.3, -0.25) is 0 Å². The first-order valence-electron chi connectivity index (χ1n) is 9.52. The molecule has 0 heterocycles. The molecule has 1 saturated carbocycles. The Kier molecular flexibility index (Phi) is 8.83. The second-order valence-electron chi connectivity index (χ2n) is 7.84. The fourth-order valence-electron chi connectivity index (χ4n) is 4.13. The Morgan fingerprint density at radius 3 is 1.95 bits per heavy atom. The van der Waals surface area contributed by atoms with Crippen LogP contribution in [-0.2, 0) is 0 Å². The summed E-state index contributed by atoms with van der Waals surface area (Å²) in [5, 5.41) is 0. The largest absolute Gasteiger partial charge is 0.0648 e. The molecule has 0 nitrogen and oxygen atoms in total. The Morgan fingerprint density at radius 1 is 0.955 bits per heavy atom. The highest BCUT2D eigenvalue weighted by atomic mass is 14.3. The van der Waals surface area contributed by atoms with E-state index in [0.29, 0.717) is 0 Å². The van der Waals surface area contributed by atoms with Crippen molar-refractivity contribution in [2.24, 2.45) is 23.7 Å². The van der Waals surface area contributed by atoms with Gasteiger partial charge in [-0.25, -0.2) is 0 Å². The molecule has 126 valence electrons. The van der Waals surface area contributed by atoms with Crippen LogP contribution in [0.15, 0.2) is 30.3 Å². The number of rotatable bonds is 4. The summed E-state index contributed by atoms with van der Waals surface area (Å²) in [7, 11) is 0. The van der Waals surface area contributed by atoms with Crippen LogP contribution in [0.5, 0.6) is 0 Å². The van der Waals surface area contributed by atoms with Gasteiger partial charge in [0, 0.05) is 0 Å². The topological polar surface area (TPSA) is 0 Å². The predicted octanol–water partition coefficient (Wildman–Crippen LogP) is 7.30. The van der Waals surface area contributed by atoms with E-state index in [4.69, 9.17) is 0 Å². The first kappa shape index (κ1) is 19.3. The molecule has 0 aromatic heterocycles. The van der Waals surface area contributed by atoms with Gasteiger partial charge >= 0.3 is 0 Å². The molecule has 2 rings (SSSR count). The van der Waals surface area contributed by atoms with Crippen molar-refractivity contribution in [3.05, 3.63) is 35.9 Å². The quantitative estimate of drug-likeness (QED) is 0.547. The number of hydrogen-bond donors (Lipinski definition) is 0. The van der Waals surface area contributed by atoms with Crippen LogP contribution in [0.1, 0.15) is 85.1 Å². The van der Waals surface area contributed by atoms with Crippen molar-refractivity contribution in [3.63, 3.8) is 0 Å². The predicted molar refractivity (Wildman–Crippen MR) is 100 cm³/mol. The van der Waals surface area contributed by atoms with Crippen molar-refractivity contribution >= 4 is 0 Å². The van der Waals surface area contributed by atoms with E-state index >= 15 is 0 Å². The Balaban J connectivity index is 0.000000224. The van der Waals surface area contributed by atoms with Gasteiger partial charge in [0.2, 0.25) is 0 Å². The lowest BCUT2D eigenvalue weighted by atomic mass is 9.75. The highest BCUT2D eigenvalue weighted by Crippen LogP contribution is 2.34. The molecular weight excluding hydrogens is 264 g/mol. The van der Waals surface area contributed by atoms with Gasteiger partial charge in [0.1, 0.15) is 0 Å². The standard InChI is InChI=1S/C12H18.C10H20/c1-4-12(10(2)3)11-8-6-5-7-9-11;1-8(2)10-7-5-4-6-9(10)3/h5-10,12H,4H2,1-3H3;8-10H,4-7H2,1-3H3. The third-order valence-electron chi connectivity index (χ3n) is 5.51. The van der Waals surface area contributed by atoms with Gasteiger partial charge in [-0.15, -0.1) is 0 Å². The van der Waals surface area contributed by atoms with Gasteiger partial charge in [-0.2, -0.15) is 0 Å². The molecule has 1 aromatic rings. The Hall–Kier alpha value is -0.780. The van der Waals surface area contributed by atoms with Gasteiger partial charge in [0.05, 0.1) is 0 Å². The van der Waals surface area contributed by atoms with Crippen LogP contribution in [0.4, 0.5) is 0 Å². The summed E-state index contributed by atoms with van der Waals surface area (Å²) in [5.41, 5.74) is 1.48. The normalized spacial score (nSPS) is 23.1. The molecule has 3 unspecified atom stereocenters. The van der Waals surface area contributed by atoms with Crippen molar-refractivity contribution in [1.82, 2.24) is 0 Å². The zero-order chi connectivity index (χ0) is 16.5. The molecule has 1 fully saturated rings. The van der Waals surface area contributed by atoms with Crippen molar-refractivity contribution < 1.29 is 0 Å². The summed E-state index contributed by atoms with van der Waals surface area (Å²) in [6.45, 7) is 14.0. The molecule has 0 radical (unpaired) electrons. The maximum Gasteiger partial charge on any atom is -0.0141 e. The molecule has 3 atom stereocenters. The molecule has 0 saturated heterocycles. The highest BCUT2D eigenvalue weighted by molar-refractivity contribution is 5.19. The summed E-state index contributed by atoms with van der Waals surface area (Å²) in [5.74, 6) is 4.40. The van der Waals surface area contributed by atoms with Crippen LogP contribution in [0.2, 0.25) is 0 Å². The minimum Gasteiger partial charge on any atom is -0.0648 e. The Morgan fingerprint density at radius 2 is 1.55 bits per heavy atom. The van der Waals surface area contributed by atoms with E-state index in [1.807, 2.05) is 0 Å². The molecule has 0 N–H and O–H groups in total. The van der Waals surface area contributed by atoms with Gasteiger partial charge in [-0.1, -0.05) is 91.1 Å². The average molecular weight is 303 g/mol. The first-order chi connectivity index (χ1) is 10.5. The number of hydrogen-bond acceptors (Lipinski definition) is 0. The van der Waals surface area contributed by atoms with Gasteiger partial charge in [-0.05, 0) is 48.0 Å². The average Bonchev–Trinajstić information content (AvgIpc) is 2.49. The minimum absolute atomic E-state index is 0.728. The maximum atomic E-state index is 2.42. The van der Waals surface area contributed by atoms with Crippen molar-refractivity contribution in [1.29, 1.82) is 0 Å². The lowest BCUT2D eigenvalue weighted by Gasteiger charge is -2.31. The van der Waals surface area contributed by atoms with Crippen molar-refractivity contribution in [2.75, 3.05) is 0 Å². The zero-order valence-corrected chi connectivity index (χ0v) is 15.8. The van der Waals surface area contributed by atoms with Gasteiger partial charge in [0.25, 0.3) is 0 Å². The fourth-order valence-corrected chi connectivity index (χ4v) is 4.13. The lowest BCUT2D eigenvalue weighted by Crippen LogP contribution is -2.21. The molecule has 0 amide bonds.